The van der Waals surface area contributed by atoms with Crippen LogP contribution in [-0.2, 0) is 6.42 Å². The minimum absolute atomic E-state index is 0.398. The number of rotatable bonds is 6. The molecular weight excluding hydrogens is 254 g/mol. The van der Waals surface area contributed by atoms with Crippen LogP contribution < -0.4 is 5.32 Å². The third kappa shape index (κ3) is 4.44. The standard InChI is InChI=1S/C20H27N/c1-5-21-16(4)19-7-6-8-20(14-19)18-11-9-17(10-12-18)13-15(2)3/h6-12,14-16,21H,5,13H2,1-4H3. The van der Waals surface area contributed by atoms with Crippen LogP contribution in [0.3, 0.4) is 0 Å². The van der Waals surface area contributed by atoms with Crippen molar-refractivity contribution < 1.29 is 0 Å². The Hall–Kier alpha value is -1.60. The van der Waals surface area contributed by atoms with Crippen LogP contribution in [-0.4, -0.2) is 6.54 Å². The molecule has 2 aromatic rings. The van der Waals surface area contributed by atoms with Crippen LogP contribution in [0, 0.1) is 5.92 Å². The van der Waals surface area contributed by atoms with Gasteiger partial charge in [0.1, 0.15) is 0 Å². The molecule has 2 aromatic carbocycles. The highest BCUT2D eigenvalue weighted by Gasteiger charge is 2.06. The van der Waals surface area contributed by atoms with E-state index >= 15 is 0 Å². The summed E-state index contributed by atoms with van der Waals surface area (Å²) in [6.07, 6.45) is 1.15. The first kappa shape index (κ1) is 15.8. The van der Waals surface area contributed by atoms with Gasteiger partial charge in [-0.1, -0.05) is 63.2 Å². The third-order valence-corrected chi connectivity index (χ3v) is 3.83. The van der Waals surface area contributed by atoms with Gasteiger partial charge in [-0.25, -0.2) is 0 Å². The van der Waals surface area contributed by atoms with Crippen LogP contribution in [0.25, 0.3) is 11.1 Å². The highest BCUT2D eigenvalue weighted by molar-refractivity contribution is 5.64. The largest absolute Gasteiger partial charge is 0.310 e. The fourth-order valence-corrected chi connectivity index (χ4v) is 2.72. The Kier molecular flexibility index (Phi) is 5.58. The maximum Gasteiger partial charge on any atom is 0.0291 e. The smallest absolute Gasteiger partial charge is 0.0291 e. The van der Waals surface area contributed by atoms with Crippen molar-refractivity contribution in [3.8, 4) is 11.1 Å². The molecule has 0 aliphatic heterocycles. The summed E-state index contributed by atoms with van der Waals surface area (Å²) < 4.78 is 0. The summed E-state index contributed by atoms with van der Waals surface area (Å²) >= 11 is 0. The molecule has 1 heteroatoms. The van der Waals surface area contributed by atoms with E-state index in [4.69, 9.17) is 0 Å². The molecule has 0 saturated heterocycles. The first-order valence-corrected chi connectivity index (χ1v) is 8.02. The Morgan fingerprint density at radius 1 is 0.905 bits per heavy atom. The molecule has 1 atom stereocenters. The second kappa shape index (κ2) is 7.42. The predicted octanol–water partition coefficient (Wildman–Crippen LogP) is 5.22. The van der Waals surface area contributed by atoms with Gasteiger partial charge < -0.3 is 5.32 Å². The normalized spacial score (nSPS) is 12.6. The lowest BCUT2D eigenvalue weighted by Gasteiger charge is -2.14. The second-order valence-corrected chi connectivity index (χ2v) is 6.20. The van der Waals surface area contributed by atoms with E-state index in [2.05, 4.69) is 81.5 Å². The van der Waals surface area contributed by atoms with Crippen LogP contribution in [0.4, 0.5) is 0 Å². The lowest BCUT2D eigenvalue weighted by molar-refractivity contribution is 0.598. The fourth-order valence-electron chi connectivity index (χ4n) is 2.72. The maximum atomic E-state index is 3.47. The SMILES string of the molecule is CCNC(C)c1cccc(-c2ccc(CC(C)C)cc2)c1. The monoisotopic (exact) mass is 281 g/mol. The van der Waals surface area contributed by atoms with Crippen molar-refractivity contribution in [2.75, 3.05) is 6.54 Å². The quantitative estimate of drug-likeness (QED) is 0.765. The number of benzene rings is 2. The number of hydrogen-bond acceptors (Lipinski definition) is 1. The van der Waals surface area contributed by atoms with Crippen molar-refractivity contribution in [1.82, 2.24) is 5.32 Å². The highest BCUT2D eigenvalue weighted by atomic mass is 14.9. The molecule has 1 N–H and O–H groups in total. The zero-order valence-corrected chi connectivity index (χ0v) is 13.7. The summed E-state index contributed by atoms with van der Waals surface area (Å²) in [6, 6.07) is 18.2. The highest BCUT2D eigenvalue weighted by Crippen LogP contribution is 2.24. The molecule has 0 amide bonds. The van der Waals surface area contributed by atoms with Crippen molar-refractivity contribution in [2.24, 2.45) is 5.92 Å². The van der Waals surface area contributed by atoms with Gasteiger partial charge in [0.2, 0.25) is 0 Å². The summed E-state index contributed by atoms with van der Waals surface area (Å²) in [6.45, 7) is 9.89. The van der Waals surface area contributed by atoms with Gasteiger partial charge in [0.25, 0.3) is 0 Å². The topological polar surface area (TPSA) is 12.0 Å². The van der Waals surface area contributed by atoms with Gasteiger partial charge >= 0.3 is 0 Å². The first-order valence-electron chi connectivity index (χ1n) is 8.02. The van der Waals surface area contributed by atoms with Gasteiger partial charge in [-0.3, -0.25) is 0 Å². The number of hydrogen-bond donors (Lipinski definition) is 1. The van der Waals surface area contributed by atoms with E-state index in [9.17, 15) is 0 Å². The molecule has 0 heterocycles. The molecule has 0 radical (unpaired) electrons. The van der Waals surface area contributed by atoms with Crippen LogP contribution in [0.5, 0.6) is 0 Å². The Labute approximate surface area is 129 Å². The molecule has 21 heavy (non-hydrogen) atoms. The van der Waals surface area contributed by atoms with E-state index in [1.807, 2.05) is 0 Å². The lowest BCUT2D eigenvalue weighted by Crippen LogP contribution is -2.17. The average Bonchev–Trinajstić information content (AvgIpc) is 2.48. The maximum absolute atomic E-state index is 3.47. The second-order valence-electron chi connectivity index (χ2n) is 6.20. The van der Waals surface area contributed by atoms with E-state index in [-0.39, 0.29) is 0 Å². The van der Waals surface area contributed by atoms with Gasteiger partial charge in [-0.2, -0.15) is 0 Å². The summed E-state index contributed by atoms with van der Waals surface area (Å²) in [5.74, 6) is 0.708. The van der Waals surface area contributed by atoms with Crippen molar-refractivity contribution >= 4 is 0 Å². The molecule has 112 valence electrons. The summed E-state index contributed by atoms with van der Waals surface area (Å²) in [5, 5.41) is 3.47. The predicted molar refractivity (Wildman–Crippen MR) is 92.5 cm³/mol. The zero-order valence-electron chi connectivity index (χ0n) is 13.7. The van der Waals surface area contributed by atoms with Gasteiger partial charge in [0.15, 0.2) is 0 Å². The Morgan fingerprint density at radius 3 is 2.24 bits per heavy atom. The van der Waals surface area contributed by atoms with Gasteiger partial charge in [-0.05, 0) is 54.1 Å². The molecule has 0 bridgehead atoms. The molecule has 0 spiro atoms. The van der Waals surface area contributed by atoms with Crippen LogP contribution in [0.2, 0.25) is 0 Å². The first-order chi connectivity index (χ1) is 10.1. The van der Waals surface area contributed by atoms with E-state index in [0.29, 0.717) is 12.0 Å². The molecule has 0 aromatic heterocycles. The zero-order chi connectivity index (χ0) is 15.2. The molecule has 0 aliphatic rings. The Balaban J connectivity index is 2.19. The Morgan fingerprint density at radius 2 is 1.62 bits per heavy atom. The molecule has 1 nitrogen and oxygen atoms in total. The van der Waals surface area contributed by atoms with Crippen LogP contribution in [0.1, 0.15) is 44.9 Å². The lowest BCUT2D eigenvalue weighted by atomic mass is 9.97. The average molecular weight is 281 g/mol. The van der Waals surface area contributed by atoms with E-state index < -0.39 is 0 Å². The summed E-state index contributed by atoms with van der Waals surface area (Å²) in [5.41, 5.74) is 5.37. The van der Waals surface area contributed by atoms with Gasteiger partial charge in [0, 0.05) is 6.04 Å². The van der Waals surface area contributed by atoms with E-state index in [1.165, 1.54) is 22.3 Å². The van der Waals surface area contributed by atoms with E-state index in [1.54, 1.807) is 0 Å². The molecule has 2 rings (SSSR count). The van der Waals surface area contributed by atoms with Crippen molar-refractivity contribution in [2.45, 2.75) is 40.2 Å². The van der Waals surface area contributed by atoms with Crippen molar-refractivity contribution in [3.05, 3.63) is 59.7 Å². The molecule has 0 fully saturated rings. The molecule has 1 unspecified atom stereocenters. The van der Waals surface area contributed by atoms with Crippen molar-refractivity contribution in [1.29, 1.82) is 0 Å². The minimum Gasteiger partial charge on any atom is -0.310 e. The van der Waals surface area contributed by atoms with Crippen molar-refractivity contribution in [3.63, 3.8) is 0 Å². The summed E-state index contributed by atoms with van der Waals surface area (Å²) in [7, 11) is 0. The number of nitrogens with one attached hydrogen (secondary N) is 1. The third-order valence-electron chi connectivity index (χ3n) is 3.83. The Bertz CT molecular complexity index is 554. The van der Waals surface area contributed by atoms with E-state index in [0.717, 1.165) is 13.0 Å². The molecule has 0 aliphatic carbocycles. The van der Waals surface area contributed by atoms with Crippen LogP contribution in [0.15, 0.2) is 48.5 Å². The molecular formula is C20H27N. The van der Waals surface area contributed by atoms with Crippen LogP contribution >= 0.6 is 0 Å². The van der Waals surface area contributed by atoms with Gasteiger partial charge in [-0.15, -0.1) is 0 Å². The fraction of sp³-hybridized carbons (Fsp3) is 0.400. The molecule has 0 saturated carbocycles. The van der Waals surface area contributed by atoms with Gasteiger partial charge in [0.05, 0.1) is 0 Å². The summed E-state index contributed by atoms with van der Waals surface area (Å²) in [4.78, 5) is 0. The minimum atomic E-state index is 0.398.